The molecule has 10 rings (SSSR count). The van der Waals surface area contributed by atoms with Gasteiger partial charge in [0, 0.05) is 72.1 Å². The zero-order chi connectivity index (χ0) is 45.4. The summed E-state index contributed by atoms with van der Waals surface area (Å²) in [7, 11) is 0. The van der Waals surface area contributed by atoms with Crippen molar-refractivity contribution < 1.29 is 9.90 Å². The molecule has 324 valence electrons. The quantitative estimate of drug-likeness (QED) is 0.0870. The fourth-order valence-electron chi connectivity index (χ4n) is 10.2. The number of unbranched alkanes of at least 4 members (excludes halogenated alkanes) is 1. The monoisotopic (exact) mass is 878 g/mol. The molecule has 2 heterocycles. The number of benzene rings is 7. The Morgan fingerprint density at radius 1 is 0.621 bits per heavy atom. The van der Waals surface area contributed by atoms with Gasteiger partial charge in [0.2, 0.25) is 0 Å². The molecule has 9 aromatic rings. The number of carbonyl (C=O) groups is 1. The van der Waals surface area contributed by atoms with Crippen molar-refractivity contribution in [3.8, 4) is 27.6 Å². The first-order chi connectivity index (χ1) is 32.3. The van der Waals surface area contributed by atoms with Crippen molar-refractivity contribution in [1.29, 1.82) is 5.26 Å². The third-order valence-corrected chi connectivity index (χ3v) is 14.6. The van der Waals surface area contributed by atoms with Gasteiger partial charge >= 0.3 is 5.97 Å². The van der Waals surface area contributed by atoms with Crippen molar-refractivity contribution in [1.82, 2.24) is 4.57 Å². The predicted molar refractivity (Wildman–Crippen MR) is 275 cm³/mol. The normalized spacial score (nSPS) is 12.8. The second-order valence-electron chi connectivity index (χ2n) is 17.0. The van der Waals surface area contributed by atoms with Gasteiger partial charge < -0.3 is 19.5 Å². The SMILES string of the molecule is CCCCn1c2cc(-c3ccc(/C=C(\C#N)C(=O)O)s3)ccc2c2ccc(N(c3ccccc3)c3ccc4c(c3)C(CC)(CC)c3cc(N(c5ccccc5)c5ccccc5)ccc3-4)cc21. The Morgan fingerprint density at radius 2 is 1.12 bits per heavy atom. The van der Waals surface area contributed by atoms with Crippen LogP contribution in [0.4, 0.5) is 34.1 Å². The number of hydrogen-bond acceptors (Lipinski definition) is 5. The zero-order valence-corrected chi connectivity index (χ0v) is 38.2. The van der Waals surface area contributed by atoms with Gasteiger partial charge in [0.1, 0.15) is 11.6 Å². The molecule has 0 radical (unpaired) electrons. The molecule has 0 saturated heterocycles. The van der Waals surface area contributed by atoms with Gasteiger partial charge in [-0.3, -0.25) is 0 Å². The molecule has 0 amide bonds. The van der Waals surface area contributed by atoms with Crippen LogP contribution in [0, 0.1) is 11.3 Å². The van der Waals surface area contributed by atoms with Gasteiger partial charge in [0.25, 0.3) is 0 Å². The third kappa shape index (κ3) is 7.34. The van der Waals surface area contributed by atoms with E-state index in [1.807, 2.05) is 12.1 Å². The van der Waals surface area contributed by atoms with Gasteiger partial charge in [-0.15, -0.1) is 11.3 Å². The van der Waals surface area contributed by atoms with Crippen LogP contribution in [-0.2, 0) is 16.8 Å². The van der Waals surface area contributed by atoms with Crippen molar-refractivity contribution in [3.05, 3.63) is 198 Å². The Balaban J connectivity index is 1.08. The summed E-state index contributed by atoms with van der Waals surface area (Å²) in [6.07, 6.45) is 5.48. The molecule has 1 N–H and O–H groups in total. The van der Waals surface area contributed by atoms with Crippen molar-refractivity contribution in [2.45, 2.75) is 58.4 Å². The molecule has 0 saturated carbocycles. The lowest BCUT2D eigenvalue weighted by Crippen LogP contribution is -2.24. The molecule has 0 aliphatic heterocycles. The second-order valence-corrected chi connectivity index (χ2v) is 18.2. The molecule has 1 aliphatic rings. The number of aliphatic carboxylic acids is 1. The van der Waals surface area contributed by atoms with Gasteiger partial charge in [-0.25, -0.2) is 4.79 Å². The number of thiophene rings is 1. The molecule has 0 unspecified atom stereocenters. The van der Waals surface area contributed by atoms with Crippen molar-refractivity contribution in [3.63, 3.8) is 0 Å². The summed E-state index contributed by atoms with van der Waals surface area (Å²) in [5.41, 5.74) is 15.0. The first-order valence-corrected chi connectivity index (χ1v) is 23.7. The van der Waals surface area contributed by atoms with Gasteiger partial charge in [-0.05, 0) is 144 Å². The summed E-state index contributed by atoms with van der Waals surface area (Å²) in [5, 5.41) is 21.2. The topological polar surface area (TPSA) is 72.5 Å². The molecule has 0 fully saturated rings. The van der Waals surface area contributed by atoms with Gasteiger partial charge in [0.05, 0.1) is 5.52 Å². The van der Waals surface area contributed by atoms with Crippen LogP contribution in [0.1, 0.15) is 62.5 Å². The van der Waals surface area contributed by atoms with Crippen LogP contribution in [0.3, 0.4) is 0 Å². The van der Waals surface area contributed by atoms with Crippen molar-refractivity contribution in [2.24, 2.45) is 0 Å². The summed E-state index contributed by atoms with van der Waals surface area (Å²) in [6.45, 7) is 7.79. The van der Waals surface area contributed by atoms with E-state index in [0.29, 0.717) is 0 Å². The number of aryl methyl sites for hydroxylation is 1. The first-order valence-electron chi connectivity index (χ1n) is 22.9. The van der Waals surface area contributed by atoms with Gasteiger partial charge in [-0.2, -0.15) is 5.26 Å². The van der Waals surface area contributed by atoms with Crippen LogP contribution >= 0.6 is 11.3 Å². The fraction of sp³-hybridized carbons (Fsp3) is 0.153. The molecule has 2 aromatic heterocycles. The maximum atomic E-state index is 11.5. The number of carboxylic acids is 1. The fourth-order valence-corrected chi connectivity index (χ4v) is 11.1. The van der Waals surface area contributed by atoms with Gasteiger partial charge in [-0.1, -0.05) is 112 Å². The summed E-state index contributed by atoms with van der Waals surface area (Å²) < 4.78 is 2.47. The Kier molecular flexibility index (Phi) is 11.4. The molecule has 66 heavy (non-hydrogen) atoms. The summed E-state index contributed by atoms with van der Waals surface area (Å²) >= 11 is 1.49. The Morgan fingerprint density at radius 3 is 1.64 bits per heavy atom. The third-order valence-electron chi connectivity index (χ3n) is 13.5. The molecule has 7 aromatic carbocycles. The number of carboxylic acid groups (broad SMARTS) is 1. The van der Waals surface area contributed by atoms with Crippen molar-refractivity contribution in [2.75, 3.05) is 9.80 Å². The van der Waals surface area contributed by atoms with E-state index >= 15 is 0 Å². The first kappa shape index (κ1) is 42.3. The molecule has 0 bridgehead atoms. The smallest absolute Gasteiger partial charge is 0.346 e. The zero-order valence-electron chi connectivity index (χ0n) is 37.4. The lowest BCUT2D eigenvalue weighted by atomic mass is 9.73. The van der Waals surface area contributed by atoms with E-state index in [-0.39, 0.29) is 11.0 Å². The highest BCUT2D eigenvalue weighted by Crippen LogP contribution is 2.56. The average molecular weight is 879 g/mol. The minimum Gasteiger partial charge on any atom is -0.477 e. The molecule has 7 heteroatoms. The summed E-state index contributed by atoms with van der Waals surface area (Å²) in [4.78, 5) is 18.1. The number of hydrogen-bond donors (Lipinski definition) is 1. The van der Waals surface area contributed by atoms with E-state index in [2.05, 4.69) is 199 Å². The molecule has 0 spiro atoms. The predicted octanol–water partition coefficient (Wildman–Crippen LogP) is 16.3. The Labute approximate surface area is 390 Å². The standard InChI is InChI=1S/C59H50N4O2S/c1-4-7-33-61-55-35-40(57-32-27-48(66-57)34-41(39-60)58(64)65)23-28-51(55)52-31-26-47(38-56(52)61)63(44-21-15-10-16-22-44)46-25-30-50-49-29-24-45(36-53(49)59(5-2,6-3)54(50)37-46)62(42-17-11-8-12-18-42)43-19-13-9-14-20-43/h8-32,34-38H,4-7,33H2,1-3H3,(H,64,65)/b41-34+. The molecule has 0 atom stereocenters. The van der Waals surface area contributed by atoms with Crippen LogP contribution in [0.25, 0.3) is 49.4 Å². The highest BCUT2D eigenvalue weighted by atomic mass is 32.1. The average Bonchev–Trinajstić information content (AvgIpc) is 4.04. The number of para-hydroxylation sites is 3. The van der Waals surface area contributed by atoms with Crippen molar-refractivity contribution >= 4 is 79.3 Å². The maximum absolute atomic E-state index is 11.5. The summed E-state index contributed by atoms with van der Waals surface area (Å²) in [6, 6.07) is 65.5. The van der Waals surface area contributed by atoms with Crippen LogP contribution in [-0.4, -0.2) is 15.6 Å². The van der Waals surface area contributed by atoms with E-state index < -0.39 is 5.97 Å². The number of anilines is 6. The van der Waals surface area contributed by atoms with E-state index in [1.165, 1.54) is 56.0 Å². The van der Waals surface area contributed by atoms with E-state index in [1.54, 1.807) is 6.07 Å². The van der Waals surface area contributed by atoms with E-state index in [9.17, 15) is 15.2 Å². The van der Waals surface area contributed by atoms with E-state index in [4.69, 9.17) is 0 Å². The van der Waals surface area contributed by atoms with Crippen LogP contribution in [0.15, 0.2) is 181 Å². The molecular formula is C59H50N4O2S. The molecule has 1 aliphatic carbocycles. The second kappa shape index (κ2) is 17.7. The largest absolute Gasteiger partial charge is 0.477 e. The maximum Gasteiger partial charge on any atom is 0.346 e. The Bertz CT molecular complexity index is 3280. The van der Waals surface area contributed by atoms with Gasteiger partial charge in [0.15, 0.2) is 0 Å². The van der Waals surface area contributed by atoms with Crippen LogP contribution < -0.4 is 9.80 Å². The lowest BCUT2D eigenvalue weighted by molar-refractivity contribution is -0.132. The molecule has 6 nitrogen and oxygen atoms in total. The van der Waals surface area contributed by atoms with Crippen LogP contribution in [0.5, 0.6) is 0 Å². The van der Waals surface area contributed by atoms with Crippen LogP contribution in [0.2, 0.25) is 0 Å². The highest BCUT2D eigenvalue weighted by molar-refractivity contribution is 7.16. The Hall–Kier alpha value is -7.66. The minimum absolute atomic E-state index is 0.180. The highest BCUT2D eigenvalue weighted by Gasteiger charge is 2.41. The summed E-state index contributed by atoms with van der Waals surface area (Å²) in [5.74, 6) is -1.22. The number of nitriles is 1. The number of rotatable bonds is 14. The lowest BCUT2D eigenvalue weighted by Gasteiger charge is -2.33. The molecular weight excluding hydrogens is 829 g/mol. The van der Waals surface area contributed by atoms with E-state index in [0.717, 1.165) is 87.2 Å². The number of aromatic nitrogens is 1. The number of fused-ring (bicyclic) bond motifs is 6. The minimum atomic E-state index is -1.22. The number of nitrogens with zero attached hydrogens (tertiary/aromatic N) is 4.